The summed E-state index contributed by atoms with van der Waals surface area (Å²) in [4.78, 5) is 11.0. The van der Waals surface area contributed by atoms with Gasteiger partial charge < -0.3 is 15.2 Å². The van der Waals surface area contributed by atoms with Gasteiger partial charge in [0.15, 0.2) is 0 Å². The van der Waals surface area contributed by atoms with Crippen molar-refractivity contribution in [3.05, 3.63) is 29.3 Å². The molecule has 0 aliphatic heterocycles. The molecule has 24 heavy (non-hydrogen) atoms. The van der Waals surface area contributed by atoms with Gasteiger partial charge in [-0.25, -0.2) is 0 Å². The van der Waals surface area contributed by atoms with Crippen LogP contribution in [0.25, 0.3) is 0 Å². The summed E-state index contributed by atoms with van der Waals surface area (Å²) in [6, 6.07) is 6.77. The molecule has 1 aromatic rings. The molecule has 2 rings (SSSR count). The predicted molar refractivity (Wildman–Crippen MR) is 96.4 cm³/mol. The number of hydrogen-bond acceptors (Lipinski definition) is 3. The molecule has 0 unspecified atom stereocenters. The third-order valence-electron chi connectivity index (χ3n) is 4.83. The zero-order chi connectivity index (χ0) is 17.5. The number of carbonyl (C=O) groups is 1. The van der Waals surface area contributed by atoms with E-state index in [9.17, 15) is 4.79 Å². The number of hydrogen-bond donors (Lipinski definition) is 2. The van der Waals surface area contributed by atoms with Crippen molar-refractivity contribution in [2.45, 2.75) is 65.5 Å². The summed E-state index contributed by atoms with van der Waals surface area (Å²) in [6.07, 6.45) is 4.48. The average Bonchev–Trinajstić information content (AvgIpc) is 2.54. The molecule has 134 valence electrons. The van der Waals surface area contributed by atoms with Crippen LogP contribution in [0, 0.1) is 18.8 Å². The number of aryl methyl sites for hydroxylation is 1. The fraction of sp³-hybridized carbons (Fsp3) is 0.650. The van der Waals surface area contributed by atoms with Crippen molar-refractivity contribution in [2.75, 3.05) is 6.61 Å². The lowest BCUT2D eigenvalue weighted by atomic mass is 9.86. The minimum Gasteiger partial charge on any atom is -0.493 e. The largest absolute Gasteiger partial charge is 0.493 e. The first-order valence-electron chi connectivity index (χ1n) is 9.14. The van der Waals surface area contributed by atoms with Crippen molar-refractivity contribution in [1.82, 2.24) is 5.32 Å². The highest BCUT2D eigenvalue weighted by atomic mass is 16.5. The van der Waals surface area contributed by atoms with Crippen LogP contribution in [-0.4, -0.2) is 23.7 Å². The average molecular weight is 333 g/mol. The van der Waals surface area contributed by atoms with Crippen LogP contribution in [0.1, 0.15) is 57.1 Å². The fourth-order valence-corrected chi connectivity index (χ4v) is 3.15. The van der Waals surface area contributed by atoms with Crippen LogP contribution >= 0.6 is 0 Å². The number of ether oxygens (including phenoxy) is 1. The van der Waals surface area contributed by atoms with Gasteiger partial charge in [-0.2, -0.15) is 0 Å². The number of nitrogens with one attached hydrogen (secondary N) is 1. The molecule has 1 aliphatic carbocycles. The van der Waals surface area contributed by atoms with Crippen molar-refractivity contribution in [3.63, 3.8) is 0 Å². The summed E-state index contributed by atoms with van der Waals surface area (Å²) >= 11 is 0. The second-order valence-electron chi connectivity index (χ2n) is 7.41. The van der Waals surface area contributed by atoms with Crippen LogP contribution in [0.4, 0.5) is 0 Å². The molecule has 2 N–H and O–H groups in total. The van der Waals surface area contributed by atoms with E-state index in [1.54, 1.807) is 0 Å². The van der Waals surface area contributed by atoms with Crippen LogP contribution < -0.4 is 10.1 Å². The monoisotopic (exact) mass is 333 g/mol. The highest BCUT2D eigenvalue weighted by Crippen LogP contribution is 2.26. The SMILES string of the molecule is Cc1ccc(CNC2CCC(C(=O)O)CC2)c(OCCC(C)C)c1. The van der Waals surface area contributed by atoms with Crippen LogP contribution in [0.15, 0.2) is 18.2 Å². The minimum atomic E-state index is -0.646. The van der Waals surface area contributed by atoms with Crippen LogP contribution in [0.2, 0.25) is 0 Å². The van der Waals surface area contributed by atoms with E-state index in [0.29, 0.717) is 12.0 Å². The number of carboxylic acid groups (broad SMARTS) is 1. The van der Waals surface area contributed by atoms with Crippen LogP contribution in [-0.2, 0) is 11.3 Å². The van der Waals surface area contributed by atoms with E-state index in [0.717, 1.165) is 51.0 Å². The Morgan fingerprint density at radius 3 is 2.62 bits per heavy atom. The van der Waals surface area contributed by atoms with Gasteiger partial charge in [-0.1, -0.05) is 26.0 Å². The first-order chi connectivity index (χ1) is 11.5. The number of aliphatic carboxylic acids is 1. The Labute approximate surface area is 145 Å². The molecule has 0 spiro atoms. The Balaban J connectivity index is 1.86. The number of benzene rings is 1. The third kappa shape index (κ3) is 5.82. The van der Waals surface area contributed by atoms with Crippen molar-refractivity contribution in [3.8, 4) is 5.75 Å². The second-order valence-corrected chi connectivity index (χ2v) is 7.41. The maximum Gasteiger partial charge on any atom is 0.306 e. The standard InChI is InChI=1S/C20H31NO3/c1-14(2)10-11-24-19-12-15(3)4-5-17(19)13-21-18-8-6-16(7-9-18)20(22)23/h4-5,12,14,16,18,21H,6-11,13H2,1-3H3,(H,22,23). The van der Waals surface area contributed by atoms with E-state index >= 15 is 0 Å². The summed E-state index contributed by atoms with van der Waals surface area (Å²) < 4.78 is 6.00. The lowest BCUT2D eigenvalue weighted by Crippen LogP contribution is -2.34. The molecule has 4 nitrogen and oxygen atoms in total. The smallest absolute Gasteiger partial charge is 0.306 e. The molecule has 1 aromatic carbocycles. The molecule has 0 aromatic heterocycles. The molecule has 4 heteroatoms. The summed E-state index contributed by atoms with van der Waals surface area (Å²) in [5, 5.41) is 12.7. The first-order valence-corrected chi connectivity index (χ1v) is 9.14. The molecule has 0 heterocycles. The summed E-state index contributed by atoms with van der Waals surface area (Å²) in [5.74, 6) is 0.813. The lowest BCUT2D eigenvalue weighted by Gasteiger charge is -2.27. The Morgan fingerprint density at radius 2 is 2.00 bits per heavy atom. The Bertz CT molecular complexity index is 534. The molecule has 0 saturated heterocycles. The van der Waals surface area contributed by atoms with Gasteiger partial charge in [-0.15, -0.1) is 0 Å². The zero-order valence-corrected chi connectivity index (χ0v) is 15.2. The molecule has 1 aliphatic rings. The third-order valence-corrected chi connectivity index (χ3v) is 4.83. The molecule has 1 saturated carbocycles. The molecule has 0 atom stereocenters. The molecular weight excluding hydrogens is 302 g/mol. The van der Waals surface area contributed by atoms with Crippen molar-refractivity contribution in [2.24, 2.45) is 11.8 Å². The molecule has 0 radical (unpaired) electrons. The van der Waals surface area contributed by atoms with Gasteiger partial charge in [0.25, 0.3) is 0 Å². The van der Waals surface area contributed by atoms with Gasteiger partial charge in [0.05, 0.1) is 12.5 Å². The Morgan fingerprint density at radius 1 is 1.29 bits per heavy atom. The quantitative estimate of drug-likeness (QED) is 0.750. The highest BCUT2D eigenvalue weighted by molar-refractivity contribution is 5.70. The molecule has 0 bridgehead atoms. The Kier molecular flexibility index (Phi) is 7.10. The number of rotatable bonds is 8. The predicted octanol–water partition coefficient (Wildman–Crippen LogP) is 4.15. The van der Waals surface area contributed by atoms with Gasteiger partial charge in [0, 0.05) is 18.2 Å². The maximum atomic E-state index is 11.0. The van der Waals surface area contributed by atoms with Gasteiger partial charge in [-0.3, -0.25) is 4.79 Å². The van der Waals surface area contributed by atoms with E-state index in [1.807, 2.05) is 0 Å². The summed E-state index contributed by atoms with van der Waals surface area (Å²) in [7, 11) is 0. The highest BCUT2D eigenvalue weighted by Gasteiger charge is 2.25. The van der Waals surface area contributed by atoms with E-state index < -0.39 is 5.97 Å². The first kappa shape index (κ1) is 18.8. The summed E-state index contributed by atoms with van der Waals surface area (Å²) in [5.41, 5.74) is 2.39. The fourth-order valence-electron chi connectivity index (χ4n) is 3.15. The van der Waals surface area contributed by atoms with E-state index in [-0.39, 0.29) is 5.92 Å². The minimum absolute atomic E-state index is 0.155. The Hall–Kier alpha value is -1.55. The van der Waals surface area contributed by atoms with Gasteiger partial charge in [-0.05, 0) is 56.6 Å². The van der Waals surface area contributed by atoms with Crippen molar-refractivity contribution < 1.29 is 14.6 Å². The van der Waals surface area contributed by atoms with Crippen molar-refractivity contribution >= 4 is 5.97 Å². The van der Waals surface area contributed by atoms with Crippen LogP contribution in [0.3, 0.4) is 0 Å². The normalized spacial score (nSPS) is 21.0. The lowest BCUT2D eigenvalue weighted by molar-refractivity contribution is -0.142. The summed E-state index contributed by atoms with van der Waals surface area (Å²) in [6.45, 7) is 8.02. The molecular formula is C20H31NO3. The maximum absolute atomic E-state index is 11.0. The van der Waals surface area contributed by atoms with Crippen molar-refractivity contribution in [1.29, 1.82) is 0 Å². The van der Waals surface area contributed by atoms with Gasteiger partial charge in [0.2, 0.25) is 0 Å². The zero-order valence-electron chi connectivity index (χ0n) is 15.2. The molecule has 1 fully saturated rings. The van der Waals surface area contributed by atoms with E-state index in [4.69, 9.17) is 9.84 Å². The van der Waals surface area contributed by atoms with Gasteiger partial charge in [0.1, 0.15) is 5.75 Å². The van der Waals surface area contributed by atoms with E-state index in [1.165, 1.54) is 11.1 Å². The van der Waals surface area contributed by atoms with E-state index in [2.05, 4.69) is 44.3 Å². The topological polar surface area (TPSA) is 58.6 Å². The molecule has 0 amide bonds. The van der Waals surface area contributed by atoms with Gasteiger partial charge >= 0.3 is 5.97 Å². The van der Waals surface area contributed by atoms with Crippen LogP contribution in [0.5, 0.6) is 5.75 Å². The number of carboxylic acids is 1. The second kappa shape index (κ2) is 9.07.